The number of imidazole rings is 1. The van der Waals surface area contributed by atoms with Crippen LogP contribution in [0.5, 0.6) is 0 Å². The van der Waals surface area contributed by atoms with E-state index >= 15 is 0 Å². The molecule has 110 valence electrons. The van der Waals surface area contributed by atoms with Crippen molar-refractivity contribution in [1.29, 1.82) is 0 Å². The van der Waals surface area contributed by atoms with Gasteiger partial charge in [0.2, 0.25) is 0 Å². The van der Waals surface area contributed by atoms with Crippen LogP contribution in [-0.4, -0.2) is 33.4 Å². The summed E-state index contributed by atoms with van der Waals surface area (Å²) in [5, 5.41) is 0. The van der Waals surface area contributed by atoms with E-state index in [1.54, 1.807) is 18.4 Å². The van der Waals surface area contributed by atoms with Crippen molar-refractivity contribution < 1.29 is 9.21 Å². The summed E-state index contributed by atoms with van der Waals surface area (Å²) in [7, 11) is 0. The second-order valence-electron chi connectivity index (χ2n) is 6.07. The van der Waals surface area contributed by atoms with E-state index in [-0.39, 0.29) is 5.91 Å². The third-order valence-corrected chi connectivity index (χ3v) is 4.50. The summed E-state index contributed by atoms with van der Waals surface area (Å²) in [6, 6.07) is 3.83. The Hall–Kier alpha value is -2.04. The molecule has 2 aromatic rings. The molecule has 3 heterocycles. The molecule has 0 N–H and O–H groups in total. The van der Waals surface area contributed by atoms with E-state index in [1.165, 1.54) is 24.4 Å². The zero-order chi connectivity index (χ0) is 14.4. The van der Waals surface area contributed by atoms with Gasteiger partial charge >= 0.3 is 0 Å². The monoisotopic (exact) mass is 285 g/mol. The van der Waals surface area contributed by atoms with Crippen molar-refractivity contribution in [3.8, 4) is 0 Å². The van der Waals surface area contributed by atoms with Gasteiger partial charge in [0, 0.05) is 30.9 Å². The summed E-state index contributed by atoms with van der Waals surface area (Å²) >= 11 is 0. The molecule has 5 nitrogen and oxygen atoms in total. The van der Waals surface area contributed by atoms with Gasteiger partial charge in [-0.2, -0.15) is 0 Å². The molecular weight excluding hydrogens is 266 g/mol. The minimum Gasteiger partial charge on any atom is -0.459 e. The molecule has 0 aromatic carbocycles. The van der Waals surface area contributed by atoms with Gasteiger partial charge in [0.05, 0.1) is 12.3 Å². The lowest BCUT2D eigenvalue weighted by Crippen LogP contribution is -2.29. The summed E-state index contributed by atoms with van der Waals surface area (Å²) in [6.45, 7) is 3.64. The average molecular weight is 285 g/mol. The van der Waals surface area contributed by atoms with Gasteiger partial charge < -0.3 is 13.9 Å². The summed E-state index contributed by atoms with van der Waals surface area (Å²) < 4.78 is 7.57. The molecule has 1 aliphatic heterocycles. The number of amides is 1. The van der Waals surface area contributed by atoms with E-state index in [9.17, 15) is 4.79 Å². The summed E-state index contributed by atoms with van der Waals surface area (Å²) in [6.07, 6.45) is 7.00. The van der Waals surface area contributed by atoms with Gasteiger partial charge in [-0.05, 0) is 38.3 Å². The van der Waals surface area contributed by atoms with E-state index in [0.717, 1.165) is 19.5 Å². The number of rotatable bonds is 3. The summed E-state index contributed by atoms with van der Waals surface area (Å²) in [4.78, 5) is 18.8. The van der Waals surface area contributed by atoms with Crippen LogP contribution >= 0.6 is 0 Å². The molecule has 21 heavy (non-hydrogen) atoms. The first-order chi connectivity index (χ1) is 10.2. The first-order valence-corrected chi connectivity index (χ1v) is 7.60. The Bertz CT molecular complexity index is 655. The number of nitrogens with zero attached hydrogens (tertiary/aromatic N) is 3. The second-order valence-corrected chi connectivity index (χ2v) is 6.07. The highest BCUT2D eigenvalue weighted by atomic mass is 16.3. The molecule has 1 saturated heterocycles. The number of carbonyl (C=O) groups is 1. The second kappa shape index (κ2) is 4.76. The lowest BCUT2D eigenvalue weighted by molar-refractivity contribution is 0.0756. The molecule has 0 radical (unpaired) electrons. The van der Waals surface area contributed by atoms with Gasteiger partial charge in [-0.1, -0.05) is 0 Å². The zero-order valence-electron chi connectivity index (χ0n) is 12.2. The van der Waals surface area contributed by atoms with E-state index < -0.39 is 0 Å². The Morgan fingerprint density at radius 2 is 2.24 bits per heavy atom. The van der Waals surface area contributed by atoms with Crippen LogP contribution in [0.3, 0.4) is 0 Å². The Balaban J connectivity index is 1.54. The maximum Gasteiger partial charge on any atom is 0.289 e. The van der Waals surface area contributed by atoms with Crippen LogP contribution in [0.25, 0.3) is 0 Å². The molecule has 2 aliphatic rings. The lowest BCUT2D eigenvalue weighted by atomic mass is 10.2. The van der Waals surface area contributed by atoms with E-state index in [0.29, 0.717) is 17.7 Å². The van der Waals surface area contributed by atoms with Crippen LogP contribution in [-0.2, 0) is 0 Å². The molecule has 0 spiro atoms. The van der Waals surface area contributed by atoms with E-state index in [4.69, 9.17) is 4.42 Å². The predicted molar refractivity (Wildman–Crippen MR) is 77.2 cm³/mol. The number of furan rings is 1. The summed E-state index contributed by atoms with van der Waals surface area (Å²) in [5.41, 5.74) is 1.20. The summed E-state index contributed by atoms with van der Waals surface area (Å²) in [5.74, 6) is 2.27. The number of carbonyl (C=O) groups excluding carboxylic acids is 1. The fourth-order valence-electron chi connectivity index (χ4n) is 3.28. The molecule has 1 amide bonds. The molecule has 5 heteroatoms. The van der Waals surface area contributed by atoms with Crippen molar-refractivity contribution in [2.45, 2.75) is 38.1 Å². The Kier molecular flexibility index (Phi) is 2.87. The highest BCUT2D eigenvalue weighted by Crippen LogP contribution is 2.41. The Morgan fingerprint density at radius 3 is 2.95 bits per heavy atom. The fraction of sp³-hybridized carbons (Fsp3) is 0.500. The number of aromatic nitrogens is 2. The van der Waals surface area contributed by atoms with E-state index in [1.807, 2.05) is 11.1 Å². The van der Waals surface area contributed by atoms with E-state index in [2.05, 4.69) is 16.5 Å². The lowest BCUT2D eigenvalue weighted by Gasteiger charge is -2.19. The minimum absolute atomic E-state index is 0.00626. The van der Waals surface area contributed by atoms with Crippen molar-refractivity contribution in [3.05, 3.63) is 41.9 Å². The molecule has 2 aromatic heterocycles. The van der Waals surface area contributed by atoms with Gasteiger partial charge in [0.15, 0.2) is 5.76 Å². The van der Waals surface area contributed by atoms with Crippen molar-refractivity contribution in [3.63, 3.8) is 0 Å². The normalized spacial score (nSPS) is 22.0. The highest BCUT2D eigenvalue weighted by Gasteiger charge is 2.35. The zero-order valence-corrected chi connectivity index (χ0v) is 12.2. The molecule has 2 fully saturated rings. The number of hydrogen-bond donors (Lipinski definition) is 0. The molecule has 4 rings (SSSR count). The minimum atomic E-state index is -0.00626. The molecular formula is C16H19N3O2. The van der Waals surface area contributed by atoms with Crippen molar-refractivity contribution in [2.24, 2.45) is 0 Å². The molecule has 1 saturated carbocycles. The smallest absolute Gasteiger partial charge is 0.289 e. The number of likely N-dealkylation sites (tertiary alicyclic amines) is 1. The first-order valence-electron chi connectivity index (χ1n) is 7.60. The van der Waals surface area contributed by atoms with Gasteiger partial charge in [0.1, 0.15) is 5.82 Å². The van der Waals surface area contributed by atoms with Crippen LogP contribution < -0.4 is 0 Å². The van der Waals surface area contributed by atoms with Gasteiger partial charge in [-0.15, -0.1) is 0 Å². The quantitative estimate of drug-likeness (QED) is 0.871. The third kappa shape index (κ3) is 2.17. The number of hydrogen-bond acceptors (Lipinski definition) is 3. The van der Waals surface area contributed by atoms with Crippen molar-refractivity contribution >= 4 is 5.91 Å². The maximum atomic E-state index is 12.3. The first kappa shape index (κ1) is 12.7. The van der Waals surface area contributed by atoms with Crippen LogP contribution in [0.2, 0.25) is 0 Å². The van der Waals surface area contributed by atoms with Crippen molar-refractivity contribution in [2.75, 3.05) is 13.1 Å². The average Bonchev–Trinajstić information content (AvgIpc) is 2.94. The molecule has 1 aliphatic carbocycles. The van der Waals surface area contributed by atoms with Crippen molar-refractivity contribution in [1.82, 2.24) is 14.5 Å². The maximum absolute atomic E-state index is 12.3. The van der Waals surface area contributed by atoms with Crippen LogP contribution in [0.1, 0.15) is 53.3 Å². The van der Waals surface area contributed by atoms with Crippen LogP contribution in [0, 0.1) is 6.92 Å². The van der Waals surface area contributed by atoms with Gasteiger partial charge in [-0.25, -0.2) is 4.98 Å². The fourth-order valence-corrected chi connectivity index (χ4v) is 3.28. The SMILES string of the molecule is Cc1cnc(C2CC2)n1C1CCN(C(=O)c2ccco2)C1. The Labute approximate surface area is 123 Å². The number of aryl methyl sites for hydroxylation is 1. The largest absolute Gasteiger partial charge is 0.459 e. The topological polar surface area (TPSA) is 51.3 Å². The van der Waals surface area contributed by atoms with Crippen LogP contribution in [0.15, 0.2) is 29.0 Å². The molecule has 1 unspecified atom stereocenters. The standard InChI is InChI=1S/C16H19N3O2/c1-11-9-17-15(12-4-5-12)19(11)13-6-7-18(10-13)16(20)14-3-2-8-21-14/h2-3,8-9,12-13H,4-7,10H2,1H3. The predicted octanol–water partition coefficient (Wildman–Crippen LogP) is 2.75. The third-order valence-electron chi connectivity index (χ3n) is 4.50. The Morgan fingerprint density at radius 1 is 1.38 bits per heavy atom. The molecule has 0 bridgehead atoms. The van der Waals surface area contributed by atoms with Gasteiger partial charge in [-0.3, -0.25) is 4.79 Å². The highest BCUT2D eigenvalue weighted by molar-refractivity contribution is 5.91. The van der Waals surface area contributed by atoms with Crippen LogP contribution in [0.4, 0.5) is 0 Å². The van der Waals surface area contributed by atoms with Gasteiger partial charge in [0.25, 0.3) is 5.91 Å². The molecule has 1 atom stereocenters.